The molecule has 1 fully saturated rings. The minimum atomic E-state index is -0.109. The van der Waals surface area contributed by atoms with Crippen LogP contribution in [0.15, 0.2) is 59.4 Å². The first-order valence-corrected chi connectivity index (χ1v) is 12.5. The van der Waals surface area contributed by atoms with Crippen LogP contribution in [0.4, 0.5) is 0 Å². The molecule has 188 valence electrons. The number of fused-ring (bicyclic) bond motifs is 1. The second-order valence-corrected chi connectivity index (χ2v) is 9.25. The van der Waals surface area contributed by atoms with E-state index < -0.39 is 0 Å². The van der Waals surface area contributed by atoms with Crippen LogP contribution in [0.2, 0.25) is 0 Å². The molecule has 0 saturated carbocycles. The molecular weight excluding hydrogens is 456 g/mol. The molecule has 4 aromatic rings. The van der Waals surface area contributed by atoms with Gasteiger partial charge in [0.1, 0.15) is 5.75 Å². The van der Waals surface area contributed by atoms with Gasteiger partial charge in [0.25, 0.3) is 5.56 Å². The number of methoxy groups -OCH3 is 1. The van der Waals surface area contributed by atoms with E-state index in [4.69, 9.17) is 9.47 Å². The Labute approximate surface area is 210 Å². The summed E-state index contributed by atoms with van der Waals surface area (Å²) >= 11 is 0. The van der Waals surface area contributed by atoms with Crippen LogP contribution in [-0.4, -0.2) is 49.9 Å². The largest absolute Gasteiger partial charge is 0.497 e. The van der Waals surface area contributed by atoms with Crippen LogP contribution in [0.1, 0.15) is 49.2 Å². The van der Waals surface area contributed by atoms with Gasteiger partial charge in [0, 0.05) is 31.3 Å². The topological polar surface area (TPSA) is 98.2 Å². The van der Waals surface area contributed by atoms with Crippen molar-refractivity contribution >= 4 is 10.9 Å². The lowest BCUT2D eigenvalue weighted by Gasteiger charge is -2.30. The summed E-state index contributed by atoms with van der Waals surface area (Å²) in [5, 5.41) is 13.7. The summed E-state index contributed by atoms with van der Waals surface area (Å²) in [5.41, 5.74) is 2.50. The smallest absolute Gasteiger partial charge is 0.252 e. The summed E-state index contributed by atoms with van der Waals surface area (Å²) in [7, 11) is 1.62. The molecular formula is C27H32N6O3. The zero-order valence-corrected chi connectivity index (χ0v) is 20.8. The van der Waals surface area contributed by atoms with Crippen LogP contribution in [0.5, 0.6) is 5.75 Å². The molecule has 2 atom stereocenters. The first-order chi connectivity index (χ1) is 17.6. The highest BCUT2D eigenvalue weighted by molar-refractivity contribution is 5.80. The maximum absolute atomic E-state index is 13.1. The number of aromatic nitrogens is 5. The molecule has 2 aromatic carbocycles. The van der Waals surface area contributed by atoms with E-state index in [-0.39, 0.29) is 17.7 Å². The van der Waals surface area contributed by atoms with Crippen LogP contribution < -0.4 is 10.3 Å². The number of aromatic amines is 1. The molecule has 3 heterocycles. The molecule has 9 nitrogen and oxygen atoms in total. The van der Waals surface area contributed by atoms with Gasteiger partial charge in [0.05, 0.1) is 31.3 Å². The van der Waals surface area contributed by atoms with Crippen LogP contribution >= 0.6 is 0 Å². The van der Waals surface area contributed by atoms with E-state index in [0.717, 1.165) is 48.2 Å². The summed E-state index contributed by atoms with van der Waals surface area (Å²) in [4.78, 5) is 18.4. The monoisotopic (exact) mass is 488 g/mol. The van der Waals surface area contributed by atoms with Gasteiger partial charge in [-0.3, -0.25) is 9.69 Å². The number of pyridine rings is 1. The van der Waals surface area contributed by atoms with Gasteiger partial charge in [-0.05, 0) is 58.8 Å². The maximum Gasteiger partial charge on any atom is 0.252 e. The Hall–Kier alpha value is -3.56. The highest BCUT2D eigenvalue weighted by atomic mass is 16.5. The van der Waals surface area contributed by atoms with Crippen LogP contribution in [0.3, 0.4) is 0 Å². The number of hydrogen-bond donors (Lipinski definition) is 1. The molecule has 1 N–H and O–H groups in total. The van der Waals surface area contributed by atoms with Gasteiger partial charge >= 0.3 is 0 Å². The first kappa shape index (κ1) is 24.1. The average molecular weight is 489 g/mol. The molecule has 0 radical (unpaired) electrons. The first-order valence-electron chi connectivity index (χ1n) is 12.5. The zero-order chi connectivity index (χ0) is 24.9. The molecule has 9 heteroatoms. The van der Waals surface area contributed by atoms with Crippen molar-refractivity contribution in [2.75, 3.05) is 13.7 Å². The third-order valence-electron chi connectivity index (χ3n) is 6.82. The van der Waals surface area contributed by atoms with Crippen LogP contribution in [-0.2, 0) is 24.4 Å². The predicted octanol–water partition coefficient (Wildman–Crippen LogP) is 3.86. The van der Waals surface area contributed by atoms with E-state index >= 15 is 0 Å². The molecule has 1 aliphatic rings. The van der Waals surface area contributed by atoms with Gasteiger partial charge in [0.2, 0.25) is 0 Å². The van der Waals surface area contributed by atoms with Crippen molar-refractivity contribution < 1.29 is 9.47 Å². The Kier molecular flexibility index (Phi) is 7.39. The second kappa shape index (κ2) is 11.0. The molecule has 0 bridgehead atoms. The van der Waals surface area contributed by atoms with Crippen molar-refractivity contribution in [1.82, 2.24) is 30.1 Å². The molecule has 0 amide bonds. The van der Waals surface area contributed by atoms with E-state index in [1.54, 1.807) is 7.11 Å². The Balaban J connectivity index is 1.48. The van der Waals surface area contributed by atoms with Gasteiger partial charge in [-0.15, -0.1) is 5.10 Å². The highest BCUT2D eigenvalue weighted by Crippen LogP contribution is 2.27. The fourth-order valence-electron chi connectivity index (χ4n) is 4.95. The predicted molar refractivity (Wildman–Crippen MR) is 137 cm³/mol. The number of ether oxygens (including phenoxy) is 2. The number of tetrazole rings is 1. The quantitative estimate of drug-likeness (QED) is 0.362. The fourth-order valence-corrected chi connectivity index (χ4v) is 4.95. The Morgan fingerprint density at radius 1 is 1.19 bits per heavy atom. The minimum Gasteiger partial charge on any atom is -0.497 e. The van der Waals surface area contributed by atoms with Crippen molar-refractivity contribution in [2.24, 2.45) is 0 Å². The lowest BCUT2D eigenvalue weighted by atomic mass is 10.1. The van der Waals surface area contributed by atoms with Crippen molar-refractivity contribution in [3.63, 3.8) is 0 Å². The van der Waals surface area contributed by atoms with Crippen molar-refractivity contribution in [1.29, 1.82) is 0 Å². The summed E-state index contributed by atoms with van der Waals surface area (Å²) < 4.78 is 13.0. The number of nitrogens with one attached hydrogen (secondary N) is 1. The molecule has 0 spiro atoms. The molecule has 36 heavy (non-hydrogen) atoms. The number of hydrogen-bond acceptors (Lipinski definition) is 7. The summed E-state index contributed by atoms with van der Waals surface area (Å²) in [6.45, 7) is 4.67. The van der Waals surface area contributed by atoms with Gasteiger partial charge < -0.3 is 14.5 Å². The van der Waals surface area contributed by atoms with Gasteiger partial charge in [-0.25, -0.2) is 4.68 Å². The summed E-state index contributed by atoms with van der Waals surface area (Å²) in [6.07, 6.45) is 3.01. The van der Waals surface area contributed by atoms with E-state index in [0.29, 0.717) is 30.9 Å². The van der Waals surface area contributed by atoms with E-state index in [2.05, 4.69) is 44.5 Å². The SMILES string of the molecule is CC[C@H](c1nnnn1C[C@H]1CCCO1)N(Cc1ccccc1)Cc1cc2ccc(OC)cc2[nH]c1=O. The Morgan fingerprint density at radius 3 is 2.81 bits per heavy atom. The van der Waals surface area contributed by atoms with Gasteiger partial charge in [-0.2, -0.15) is 0 Å². The zero-order valence-electron chi connectivity index (χ0n) is 20.8. The standard InChI is InChI=1S/C27H32N6O3/c1-3-25(26-29-30-31-33(26)18-23-10-7-13-36-23)32(16-19-8-5-4-6-9-19)17-21-14-20-11-12-22(35-2)15-24(20)28-27(21)34/h4-6,8-9,11-12,14-15,23,25H,3,7,10,13,16-18H2,1-2H3,(H,28,34)/t23-,25-/m1/s1. The lowest BCUT2D eigenvalue weighted by Crippen LogP contribution is -2.33. The molecule has 5 rings (SSSR count). The van der Waals surface area contributed by atoms with Gasteiger partial charge in [-0.1, -0.05) is 37.3 Å². The second-order valence-electron chi connectivity index (χ2n) is 9.25. The average Bonchev–Trinajstić information content (AvgIpc) is 3.58. The number of rotatable bonds is 10. The molecule has 2 aromatic heterocycles. The molecule has 1 aliphatic heterocycles. The highest BCUT2D eigenvalue weighted by Gasteiger charge is 2.28. The van der Waals surface area contributed by atoms with E-state index in [9.17, 15) is 4.79 Å². The van der Waals surface area contributed by atoms with Crippen LogP contribution in [0.25, 0.3) is 10.9 Å². The Bertz CT molecular complexity index is 1350. The number of nitrogens with zero attached hydrogens (tertiary/aromatic N) is 5. The van der Waals surface area contributed by atoms with Crippen molar-refractivity contribution in [2.45, 2.75) is 58.0 Å². The molecule has 1 saturated heterocycles. The third kappa shape index (κ3) is 5.32. The van der Waals surface area contributed by atoms with Crippen LogP contribution in [0, 0.1) is 0 Å². The molecule has 0 aliphatic carbocycles. The summed E-state index contributed by atoms with van der Waals surface area (Å²) in [6, 6.07) is 17.9. The Morgan fingerprint density at radius 2 is 2.06 bits per heavy atom. The van der Waals surface area contributed by atoms with E-state index in [1.165, 1.54) is 0 Å². The van der Waals surface area contributed by atoms with Gasteiger partial charge in [0.15, 0.2) is 5.82 Å². The number of benzene rings is 2. The minimum absolute atomic E-state index is 0.0763. The van der Waals surface area contributed by atoms with Crippen molar-refractivity contribution in [3.8, 4) is 5.75 Å². The lowest BCUT2D eigenvalue weighted by molar-refractivity contribution is 0.0888. The number of H-pyrrole nitrogens is 1. The maximum atomic E-state index is 13.1. The third-order valence-corrected chi connectivity index (χ3v) is 6.82. The van der Waals surface area contributed by atoms with E-state index in [1.807, 2.05) is 47.1 Å². The fraction of sp³-hybridized carbons (Fsp3) is 0.407. The molecule has 0 unspecified atom stereocenters. The normalized spacial score (nSPS) is 16.6. The summed E-state index contributed by atoms with van der Waals surface area (Å²) in [5.74, 6) is 1.51. The van der Waals surface area contributed by atoms with Crippen molar-refractivity contribution in [3.05, 3.63) is 81.9 Å².